The molecule has 1 aromatic carbocycles. The van der Waals surface area contributed by atoms with E-state index in [1.807, 2.05) is 36.6 Å². The zero-order chi connectivity index (χ0) is 20.7. The van der Waals surface area contributed by atoms with Gasteiger partial charge in [-0.25, -0.2) is 10.1 Å². The van der Waals surface area contributed by atoms with Crippen molar-refractivity contribution in [2.75, 3.05) is 6.26 Å². The highest BCUT2D eigenvalue weighted by atomic mass is 32.2. The van der Waals surface area contributed by atoms with Crippen LogP contribution in [0.3, 0.4) is 0 Å². The monoisotopic (exact) mass is 416 g/mol. The van der Waals surface area contributed by atoms with Crippen LogP contribution in [-0.4, -0.2) is 35.6 Å². The van der Waals surface area contributed by atoms with E-state index in [1.165, 1.54) is 16.3 Å². The first kappa shape index (κ1) is 18.3. The molecule has 4 aromatic heterocycles. The number of nitrogens with one attached hydrogen (secondary N) is 1. The third-order valence-electron chi connectivity index (χ3n) is 4.88. The van der Waals surface area contributed by atoms with Crippen LogP contribution in [0.25, 0.3) is 27.8 Å². The second kappa shape index (κ2) is 7.27. The van der Waals surface area contributed by atoms with E-state index in [1.54, 1.807) is 35.2 Å². The lowest BCUT2D eigenvalue weighted by molar-refractivity contribution is 0.767. The van der Waals surface area contributed by atoms with E-state index in [0.29, 0.717) is 39.5 Å². The van der Waals surface area contributed by atoms with Gasteiger partial charge in [0.05, 0.1) is 28.4 Å². The van der Waals surface area contributed by atoms with Crippen molar-refractivity contribution in [3.63, 3.8) is 0 Å². The number of H-pyrrole nitrogens is 1. The maximum absolute atomic E-state index is 13.1. The number of fused-ring (bicyclic) bond motifs is 2. The Hall–Kier alpha value is -3.72. The van der Waals surface area contributed by atoms with Crippen LogP contribution in [0.5, 0.6) is 0 Å². The Morgan fingerprint density at radius 2 is 1.67 bits per heavy atom. The molecule has 30 heavy (non-hydrogen) atoms. The number of pyridine rings is 3. The van der Waals surface area contributed by atoms with Gasteiger partial charge in [-0.1, -0.05) is 42.1 Å². The minimum Gasteiger partial charge on any atom is -0.310 e. The zero-order valence-electron chi connectivity index (χ0n) is 15.9. The molecule has 0 radical (unpaired) electrons. The Kier molecular flexibility index (Phi) is 4.44. The average Bonchev–Trinajstić information content (AvgIpc) is 3.25. The van der Waals surface area contributed by atoms with E-state index >= 15 is 0 Å². The summed E-state index contributed by atoms with van der Waals surface area (Å²) in [6.07, 6.45) is 5.19. The minimum atomic E-state index is -0.316. The summed E-state index contributed by atoms with van der Waals surface area (Å²) in [6, 6.07) is 14.9. The molecule has 0 bridgehead atoms. The molecule has 5 aromatic rings. The number of aromatic nitrogens is 6. The lowest BCUT2D eigenvalue weighted by atomic mass is 10.1. The van der Waals surface area contributed by atoms with Gasteiger partial charge in [0.1, 0.15) is 0 Å². The van der Waals surface area contributed by atoms with Crippen molar-refractivity contribution in [2.24, 2.45) is 0 Å². The number of benzene rings is 1. The van der Waals surface area contributed by atoms with Gasteiger partial charge in [0, 0.05) is 12.4 Å². The molecular weight excluding hydrogens is 400 g/mol. The summed E-state index contributed by atoms with van der Waals surface area (Å²) >= 11 is 1.37. The standard InChI is InChI=1S/C21H16N6O2S/c1-30-21-23-20(24-25-21)27-10-8-17-15(19(27)29)11-14-16(22-17)7-9-26(18(14)28)12-13-5-3-2-4-6-13/h2-11H,12H2,1H3,(H,23,24,25). The quantitative estimate of drug-likeness (QED) is 0.357. The van der Waals surface area contributed by atoms with Gasteiger partial charge in [-0.2, -0.15) is 4.98 Å². The van der Waals surface area contributed by atoms with Crippen molar-refractivity contribution in [3.05, 3.63) is 87.2 Å². The fourth-order valence-electron chi connectivity index (χ4n) is 3.37. The SMILES string of the molecule is CSc1n[nH]c(-n2ccc3nc4ccn(Cc5ccccc5)c(=O)c4cc3c2=O)n1. The largest absolute Gasteiger partial charge is 0.310 e. The first-order chi connectivity index (χ1) is 14.6. The average molecular weight is 416 g/mol. The third kappa shape index (κ3) is 3.09. The van der Waals surface area contributed by atoms with Gasteiger partial charge in [-0.3, -0.25) is 14.2 Å². The van der Waals surface area contributed by atoms with Crippen LogP contribution in [0.4, 0.5) is 0 Å². The number of aromatic amines is 1. The summed E-state index contributed by atoms with van der Waals surface area (Å²) in [5, 5.41) is 8.09. The van der Waals surface area contributed by atoms with Crippen LogP contribution in [-0.2, 0) is 6.54 Å². The van der Waals surface area contributed by atoms with Crippen LogP contribution in [0.15, 0.2) is 75.7 Å². The molecular formula is C21H16N6O2S. The molecule has 0 spiro atoms. The van der Waals surface area contributed by atoms with E-state index in [2.05, 4.69) is 20.2 Å². The van der Waals surface area contributed by atoms with Crippen LogP contribution in [0.2, 0.25) is 0 Å². The van der Waals surface area contributed by atoms with Gasteiger partial charge in [0.25, 0.3) is 11.1 Å². The molecule has 1 N–H and O–H groups in total. The van der Waals surface area contributed by atoms with Gasteiger partial charge in [0.2, 0.25) is 11.1 Å². The lowest BCUT2D eigenvalue weighted by Crippen LogP contribution is -2.22. The predicted molar refractivity (Wildman–Crippen MR) is 116 cm³/mol. The maximum Gasteiger partial charge on any atom is 0.266 e. The maximum atomic E-state index is 13.1. The first-order valence-corrected chi connectivity index (χ1v) is 10.4. The number of nitrogens with zero attached hydrogens (tertiary/aromatic N) is 5. The predicted octanol–water partition coefficient (Wildman–Crippen LogP) is 2.59. The van der Waals surface area contributed by atoms with Crippen LogP contribution in [0.1, 0.15) is 5.56 Å². The summed E-state index contributed by atoms with van der Waals surface area (Å²) < 4.78 is 2.99. The summed E-state index contributed by atoms with van der Waals surface area (Å²) in [5.74, 6) is 0.320. The molecule has 0 amide bonds. The first-order valence-electron chi connectivity index (χ1n) is 9.20. The molecule has 8 nitrogen and oxygen atoms in total. The fourth-order valence-corrected chi connectivity index (χ4v) is 3.69. The zero-order valence-corrected chi connectivity index (χ0v) is 16.8. The highest BCUT2D eigenvalue weighted by molar-refractivity contribution is 7.98. The van der Waals surface area contributed by atoms with Crippen molar-refractivity contribution in [3.8, 4) is 5.95 Å². The molecule has 0 aliphatic heterocycles. The van der Waals surface area contributed by atoms with Gasteiger partial charge in [-0.15, -0.1) is 5.10 Å². The summed E-state index contributed by atoms with van der Waals surface area (Å²) in [4.78, 5) is 35.0. The van der Waals surface area contributed by atoms with E-state index in [4.69, 9.17) is 0 Å². The van der Waals surface area contributed by atoms with Crippen molar-refractivity contribution in [1.29, 1.82) is 0 Å². The van der Waals surface area contributed by atoms with Gasteiger partial charge in [0.15, 0.2) is 0 Å². The molecule has 9 heteroatoms. The van der Waals surface area contributed by atoms with Crippen LogP contribution in [0, 0.1) is 0 Å². The van der Waals surface area contributed by atoms with Crippen molar-refractivity contribution < 1.29 is 0 Å². The molecule has 0 fully saturated rings. The Balaban J connectivity index is 1.67. The van der Waals surface area contributed by atoms with Gasteiger partial charge in [-0.05, 0) is 30.0 Å². The Morgan fingerprint density at radius 3 is 2.40 bits per heavy atom. The van der Waals surface area contributed by atoms with E-state index < -0.39 is 0 Å². The van der Waals surface area contributed by atoms with Gasteiger partial charge < -0.3 is 4.57 Å². The summed E-state index contributed by atoms with van der Waals surface area (Å²) in [7, 11) is 0. The molecule has 0 saturated heterocycles. The smallest absolute Gasteiger partial charge is 0.266 e. The molecule has 5 rings (SSSR count). The van der Waals surface area contributed by atoms with Crippen molar-refractivity contribution >= 4 is 33.6 Å². The summed E-state index contributed by atoms with van der Waals surface area (Å²) in [5.41, 5.74) is 1.59. The lowest BCUT2D eigenvalue weighted by Gasteiger charge is -2.08. The topological polar surface area (TPSA) is 98.5 Å². The van der Waals surface area contributed by atoms with E-state index in [0.717, 1.165) is 5.56 Å². The second-order valence-electron chi connectivity index (χ2n) is 6.72. The van der Waals surface area contributed by atoms with Crippen molar-refractivity contribution in [1.82, 2.24) is 29.3 Å². The molecule has 148 valence electrons. The van der Waals surface area contributed by atoms with Crippen LogP contribution < -0.4 is 11.1 Å². The normalized spacial score (nSPS) is 11.4. The minimum absolute atomic E-state index is 0.190. The third-order valence-corrected chi connectivity index (χ3v) is 5.42. The second-order valence-corrected chi connectivity index (χ2v) is 7.50. The molecule has 0 aliphatic rings. The van der Waals surface area contributed by atoms with Crippen molar-refractivity contribution in [2.45, 2.75) is 11.7 Å². The molecule has 0 unspecified atom stereocenters. The number of hydrogen-bond acceptors (Lipinski definition) is 6. The van der Waals surface area contributed by atoms with Gasteiger partial charge >= 0.3 is 0 Å². The van der Waals surface area contributed by atoms with Crippen LogP contribution >= 0.6 is 11.8 Å². The Morgan fingerprint density at radius 1 is 0.933 bits per heavy atom. The molecule has 4 heterocycles. The molecule has 0 saturated carbocycles. The summed E-state index contributed by atoms with van der Waals surface area (Å²) in [6.45, 7) is 0.447. The highest BCUT2D eigenvalue weighted by Crippen LogP contribution is 2.16. The number of hydrogen-bond donors (Lipinski definition) is 1. The fraction of sp³-hybridized carbons (Fsp3) is 0.0952. The van der Waals surface area contributed by atoms with E-state index in [-0.39, 0.29) is 11.1 Å². The van der Waals surface area contributed by atoms with E-state index in [9.17, 15) is 9.59 Å². The molecule has 0 atom stereocenters. The number of rotatable bonds is 4. The Labute approximate surface area is 174 Å². The highest BCUT2D eigenvalue weighted by Gasteiger charge is 2.13. The molecule has 0 aliphatic carbocycles. The number of thioether (sulfide) groups is 1. The Bertz CT molecular complexity index is 1500.